The zero-order valence-corrected chi connectivity index (χ0v) is 8.82. The van der Waals surface area contributed by atoms with E-state index in [1.54, 1.807) is 0 Å². The summed E-state index contributed by atoms with van der Waals surface area (Å²) in [7, 11) is 0. The Balaban J connectivity index is 2.83. The van der Waals surface area contributed by atoms with Crippen molar-refractivity contribution >= 4 is 28.3 Å². The lowest BCUT2D eigenvalue weighted by atomic mass is 10.4. The first-order chi connectivity index (χ1) is 7.15. The summed E-state index contributed by atoms with van der Waals surface area (Å²) < 4.78 is 3.73. The van der Waals surface area contributed by atoms with Gasteiger partial charge in [-0.05, 0) is 6.42 Å². The molecule has 0 bridgehead atoms. The van der Waals surface area contributed by atoms with E-state index >= 15 is 0 Å². The number of nitrogen functional groups attached to an aromatic ring is 1. The molecule has 0 aliphatic rings. The van der Waals surface area contributed by atoms with Gasteiger partial charge in [0.25, 0.3) is 0 Å². The summed E-state index contributed by atoms with van der Waals surface area (Å²) in [5.41, 5.74) is 4.99. The minimum Gasteiger partial charge on any atom is -0.476 e. The van der Waals surface area contributed by atoms with Gasteiger partial charge >= 0.3 is 5.97 Å². The largest absolute Gasteiger partial charge is 0.476 e. The standard InChI is InChI=1S/C7H10N4O3S/c1-2-3-14-10-4(6(12)13)5-9-7(8)15-11-5/h2-3H2,1H3,(H,12,13)(H2,8,9,11)/b10-4-. The molecule has 0 unspecified atom stereocenters. The van der Waals surface area contributed by atoms with Gasteiger partial charge in [-0.1, -0.05) is 12.1 Å². The number of aromatic nitrogens is 2. The molecule has 0 fully saturated rings. The Hall–Kier alpha value is -1.70. The van der Waals surface area contributed by atoms with Crippen molar-refractivity contribution < 1.29 is 14.7 Å². The molecule has 0 radical (unpaired) electrons. The summed E-state index contributed by atoms with van der Waals surface area (Å²) in [4.78, 5) is 19.2. The first-order valence-electron chi connectivity index (χ1n) is 4.18. The second kappa shape index (κ2) is 5.25. The van der Waals surface area contributed by atoms with Crippen LogP contribution in [0.2, 0.25) is 0 Å². The molecule has 0 aromatic carbocycles. The van der Waals surface area contributed by atoms with Crippen LogP contribution in [0.25, 0.3) is 0 Å². The van der Waals surface area contributed by atoms with Crippen LogP contribution in [0.15, 0.2) is 5.16 Å². The summed E-state index contributed by atoms with van der Waals surface area (Å²) in [6.07, 6.45) is 0.739. The highest BCUT2D eigenvalue weighted by Gasteiger charge is 2.18. The van der Waals surface area contributed by atoms with Crippen molar-refractivity contribution in [2.45, 2.75) is 13.3 Å². The Morgan fingerprint density at radius 3 is 2.93 bits per heavy atom. The maximum absolute atomic E-state index is 10.8. The van der Waals surface area contributed by atoms with Crippen molar-refractivity contribution in [3.63, 3.8) is 0 Å². The average molecular weight is 230 g/mol. The molecule has 0 spiro atoms. The zero-order chi connectivity index (χ0) is 11.3. The number of hydrogen-bond acceptors (Lipinski definition) is 7. The van der Waals surface area contributed by atoms with Gasteiger partial charge in [0.2, 0.25) is 11.5 Å². The summed E-state index contributed by atoms with van der Waals surface area (Å²) in [5.74, 6) is -1.27. The molecule has 3 N–H and O–H groups in total. The summed E-state index contributed by atoms with van der Waals surface area (Å²) >= 11 is 0.906. The van der Waals surface area contributed by atoms with Crippen molar-refractivity contribution in [3.05, 3.63) is 5.82 Å². The third kappa shape index (κ3) is 3.17. The molecular formula is C7H10N4O3S. The van der Waals surface area contributed by atoms with Gasteiger partial charge in [0.1, 0.15) is 6.61 Å². The number of aliphatic carboxylic acids is 1. The van der Waals surface area contributed by atoms with Crippen molar-refractivity contribution in [1.82, 2.24) is 9.36 Å². The van der Waals surface area contributed by atoms with Crippen LogP contribution in [0.1, 0.15) is 19.2 Å². The molecular weight excluding hydrogens is 220 g/mol. The number of carboxylic acids is 1. The van der Waals surface area contributed by atoms with Crippen molar-refractivity contribution in [2.75, 3.05) is 12.3 Å². The van der Waals surface area contributed by atoms with E-state index in [1.807, 2.05) is 6.92 Å². The maximum Gasteiger partial charge on any atom is 0.362 e. The highest BCUT2D eigenvalue weighted by atomic mass is 32.1. The topological polar surface area (TPSA) is 111 Å². The Labute approximate surface area is 89.7 Å². The lowest BCUT2D eigenvalue weighted by Gasteiger charge is -1.97. The number of rotatable bonds is 5. The van der Waals surface area contributed by atoms with E-state index in [2.05, 4.69) is 14.5 Å². The first-order valence-corrected chi connectivity index (χ1v) is 4.95. The molecule has 0 saturated heterocycles. The summed E-state index contributed by atoms with van der Waals surface area (Å²) in [6.45, 7) is 2.23. The fourth-order valence-electron chi connectivity index (χ4n) is 0.708. The van der Waals surface area contributed by atoms with Gasteiger partial charge in [0.15, 0.2) is 5.13 Å². The number of anilines is 1. The van der Waals surface area contributed by atoms with Gasteiger partial charge in [0, 0.05) is 11.5 Å². The molecule has 7 nitrogen and oxygen atoms in total. The van der Waals surface area contributed by atoms with Crippen LogP contribution in [-0.4, -0.2) is 32.8 Å². The quantitative estimate of drug-likeness (QED) is 0.428. The van der Waals surface area contributed by atoms with Gasteiger partial charge < -0.3 is 15.7 Å². The SMILES string of the molecule is CCCO/N=C(\C(=O)O)c1nsc(N)n1. The van der Waals surface area contributed by atoms with E-state index in [4.69, 9.17) is 15.7 Å². The zero-order valence-electron chi connectivity index (χ0n) is 8.01. The second-order valence-corrected chi connectivity index (χ2v) is 3.32. The fourth-order valence-corrected chi connectivity index (χ4v) is 1.14. The van der Waals surface area contributed by atoms with Crippen LogP contribution in [0.4, 0.5) is 5.13 Å². The van der Waals surface area contributed by atoms with Gasteiger partial charge in [-0.3, -0.25) is 0 Å². The number of carbonyl (C=O) groups is 1. The van der Waals surface area contributed by atoms with Crippen LogP contribution >= 0.6 is 11.5 Å². The minimum absolute atomic E-state index is 0.0268. The van der Waals surface area contributed by atoms with E-state index in [0.717, 1.165) is 18.0 Å². The fraction of sp³-hybridized carbons (Fsp3) is 0.429. The Morgan fingerprint density at radius 1 is 1.73 bits per heavy atom. The highest BCUT2D eigenvalue weighted by Crippen LogP contribution is 2.07. The molecule has 1 aromatic heterocycles. The van der Waals surface area contributed by atoms with Crippen molar-refractivity contribution in [2.24, 2.45) is 5.16 Å². The summed E-state index contributed by atoms with van der Waals surface area (Å²) in [5, 5.41) is 12.4. The van der Waals surface area contributed by atoms with Crippen molar-refractivity contribution in [3.8, 4) is 0 Å². The van der Waals surface area contributed by atoms with Crippen LogP contribution in [0.3, 0.4) is 0 Å². The number of nitrogens with two attached hydrogens (primary N) is 1. The highest BCUT2D eigenvalue weighted by molar-refractivity contribution is 7.09. The third-order valence-electron chi connectivity index (χ3n) is 1.31. The molecule has 1 aromatic rings. The molecule has 0 atom stereocenters. The molecule has 15 heavy (non-hydrogen) atoms. The van der Waals surface area contributed by atoms with Crippen LogP contribution < -0.4 is 5.73 Å². The average Bonchev–Trinajstić information content (AvgIpc) is 2.59. The molecule has 1 heterocycles. The Kier molecular flexibility index (Phi) is 3.98. The van der Waals surface area contributed by atoms with Crippen LogP contribution in [-0.2, 0) is 9.63 Å². The molecule has 0 saturated carbocycles. The van der Waals surface area contributed by atoms with Gasteiger partial charge in [-0.15, -0.1) is 0 Å². The van der Waals surface area contributed by atoms with Crippen molar-refractivity contribution in [1.29, 1.82) is 0 Å². The molecule has 1 rings (SSSR count). The van der Waals surface area contributed by atoms with E-state index in [0.29, 0.717) is 6.61 Å². The number of oxime groups is 1. The van der Waals surface area contributed by atoms with E-state index in [-0.39, 0.29) is 16.7 Å². The van der Waals surface area contributed by atoms with Crippen LogP contribution in [0, 0.1) is 0 Å². The molecule has 0 aliphatic heterocycles. The van der Waals surface area contributed by atoms with Crippen LogP contribution in [0.5, 0.6) is 0 Å². The van der Waals surface area contributed by atoms with E-state index in [1.165, 1.54) is 0 Å². The third-order valence-corrected chi connectivity index (χ3v) is 1.85. The predicted molar refractivity (Wildman–Crippen MR) is 54.7 cm³/mol. The molecule has 0 aliphatic carbocycles. The molecule has 8 heteroatoms. The minimum atomic E-state index is -1.25. The molecule has 0 amide bonds. The Bertz CT molecular complexity index is 376. The maximum atomic E-state index is 10.8. The van der Waals surface area contributed by atoms with E-state index in [9.17, 15) is 4.79 Å². The van der Waals surface area contributed by atoms with Gasteiger partial charge in [-0.2, -0.15) is 9.36 Å². The summed E-state index contributed by atoms with van der Waals surface area (Å²) in [6, 6.07) is 0. The van der Waals surface area contributed by atoms with Gasteiger partial charge in [-0.25, -0.2) is 4.79 Å². The lowest BCUT2D eigenvalue weighted by molar-refractivity contribution is -0.129. The normalized spacial score (nSPS) is 11.4. The van der Waals surface area contributed by atoms with Gasteiger partial charge in [0.05, 0.1) is 0 Å². The monoisotopic (exact) mass is 230 g/mol. The predicted octanol–water partition coefficient (Wildman–Crippen LogP) is 0.336. The number of nitrogens with zero attached hydrogens (tertiary/aromatic N) is 3. The number of hydrogen-bond donors (Lipinski definition) is 2. The molecule has 82 valence electrons. The van der Waals surface area contributed by atoms with E-state index < -0.39 is 5.97 Å². The number of carboxylic acid groups (broad SMARTS) is 1. The Morgan fingerprint density at radius 2 is 2.47 bits per heavy atom. The first kappa shape index (κ1) is 11.4. The second-order valence-electron chi connectivity index (χ2n) is 2.53. The smallest absolute Gasteiger partial charge is 0.362 e. The lowest BCUT2D eigenvalue weighted by Crippen LogP contribution is -2.17.